The van der Waals surface area contributed by atoms with Crippen LogP contribution in [-0.4, -0.2) is 68.7 Å². The maximum Gasteiger partial charge on any atom is 0.417 e. The number of nitrogens with zero attached hydrogens (tertiary/aromatic N) is 6. The van der Waals surface area contributed by atoms with Crippen LogP contribution in [0.4, 0.5) is 23.8 Å². The third-order valence-corrected chi connectivity index (χ3v) is 5.43. The summed E-state index contributed by atoms with van der Waals surface area (Å²) >= 11 is 0. The van der Waals surface area contributed by atoms with E-state index in [1.807, 2.05) is 0 Å². The molecule has 2 N–H and O–H groups in total. The molecule has 1 aromatic carbocycles. The van der Waals surface area contributed by atoms with E-state index in [9.17, 15) is 32.3 Å². The van der Waals surface area contributed by atoms with Crippen LogP contribution in [0.15, 0.2) is 53.5 Å². The van der Waals surface area contributed by atoms with E-state index in [0.717, 1.165) is 24.4 Å². The molecule has 3 aromatic rings. The highest BCUT2D eigenvalue weighted by Gasteiger charge is 2.36. The van der Waals surface area contributed by atoms with Crippen molar-refractivity contribution < 1.29 is 32.3 Å². The van der Waals surface area contributed by atoms with Crippen molar-refractivity contribution in [1.29, 1.82) is 0 Å². The van der Waals surface area contributed by atoms with Crippen molar-refractivity contribution >= 4 is 23.7 Å². The van der Waals surface area contributed by atoms with E-state index >= 15 is 0 Å². The number of carbonyl (C=O) groups excluding carboxylic acids is 3. The summed E-state index contributed by atoms with van der Waals surface area (Å²) in [6.07, 6.45) is -3.62. The minimum atomic E-state index is -4.65. The molecule has 0 saturated carbocycles. The number of aromatic nitrogens is 4. The van der Waals surface area contributed by atoms with E-state index in [2.05, 4.69) is 15.2 Å². The molecule has 0 bridgehead atoms. The summed E-state index contributed by atoms with van der Waals surface area (Å²) in [4.78, 5) is 55.0. The number of amides is 2. The number of ether oxygens (including phenoxy) is 1. The Morgan fingerprint density at radius 1 is 0.946 bits per heavy atom. The number of hydrogen-bond acceptors (Lipinski definition) is 9. The van der Waals surface area contributed by atoms with Crippen molar-refractivity contribution in [3.05, 3.63) is 75.8 Å². The molecule has 0 aliphatic carbocycles. The summed E-state index contributed by atoms with van der Waals surface area (Å²) in [7, 11) is 0. The Morgan fingerprint density at radius 2 is 1.65 bits per heavy atom. The molecule has 0 unspecified atom stereocenters. The smallest absolute Gasteiger partial charge is 0.387 e. The molecule has 2 amide bonds. The van der Waals surface area contributed by atoms with Gasteiger partial charge in [-0.3, -0.25) is 9.59 Å². The van der Waals surface area contributed by atoms with Crippen molar-refractivity contribution in [2.24, 2.45) is 5.73 Å². The number of rotatable bonds is 4. The van der Waals surface area contributed by atoms with Gasteiger partial charge in [-0.05, 0) is 24.3 Å². The van der Waals surface area contributed by atoms with Gasteiger partial charge in [-0.1, -0.05) is 12.1 Å². The van der Waals surface area contributed by atoms with Gasteiger partial charge in [-0.2, -0.15) is 17.7 Å². The molecule has 0 atom stereocenters. The maximum absolute atomic E-state index is 13.3. The molecule has 15 heteroatoms. The van der Waals surface area contributed by atoms with Gasteiger partial charge in [0.2, 0.25) is 0 Å². The van der Waals surface area contributed by atoms with E-state index in [-0.39, 0.29) is 31.9 Å². The first kappa shape index (κ1) is 25.3. The second-order valence-corrected chi connectivity index (χ2v) is 7.73. The first-order chi connectivity index (χ1) is 17.6. The van der Waals surface area contributed by atoms with Crippen molar-refractivity contribution in [1.82, 2.24) is 24.6 Å². The van der Waals surface area contributed by atoms with E-state index in [1.54, 1.807) is 4.90 Å². The summed E-state index contributed by atoms with van der Waals surface area (Å²) in [6.45, 7) is 0.802. The summed E-state index contributed by atoms with van der Waals surface area (Å²) in [5, 5.41) is 7.74. The highest BCUT2D eigenvalue weighted by molar-refractivity contribution is 5.96. The lowest BCUT2D eigenvalue weighted by Gasteiger charge is -2.35. The molecule has 0 spiro atoms. The largest absolute Gasteiger partial charge is 0.417 e. The molecule has 1 fully saturated rings. The number of nitrogens with two attached hydrogens (primary N) is 1. The third-order valence-electron chi connectivity index (χ3n) is 5.43. The number of esters is 1. The van der Waals surface area contributed by atoms with Crippen LogP contribution in [0.2, 0.25) is 0 Å². The Kier molecular flexibility index (Phi) is 6.86. The first-order valence-corrected chi connectivity index (χ1v) is 10.7. The lowest BCUT2D eigenvalue weighted by atomic mass is 10.1. The predicted molar refractivity (Wildman–Crippen MR) is 120 cm³/mol. The Bertz CT molecular complexity index is 1400. The minimum absolute atomic E-state index is 0.140. The zero-order chi connectivity index (χ0) is 26.7. The highest BCUT2D eigenvalue weighted by Crippen LogP contribution is 2.32. The third kappa shape index (κ3) is 5.39. The average molecular weight is 517 g/mol. The average Bonchev–Trinajstić information content (AvgIpc) is 2.88. The summed E-state index contributed by atoms with van der Waals surface area (Å²) < 4.78 is 45.1. The fourth-order valence-electron chi connectivity index (χ4n) is 3.63. The van der Waals surface area contributed by atoms with Gasteiger partial charge in [-0.15, -0.1) is 10.2 Å². The van der Waals surface area contributed by atoms with Crippen molar-refractivity contribution in [3.8, 4) is 6.01 Å². The van der Waals surface area contributed by atoms with Crippen molar-refractivity contribution in [2.45, 2.75) is 6.18 Å². The van der Waals surface area contributed by atoms with Crippen LogP contribution in [0, 0.1) is 0 Å². The van der Waals surface area contributed by atoms with Gasteiger partial charge in [0, 0.05) is 38.4 Å². The molecule has 12 nitrogen and oxygen atoms in total. The molecule has 37 heavy (non-hydrogen) atoms. The van der Waals surface area contributed by atoms with Gasteiger partial charge in [0.1, 0.15) is 0 Å². The van der Waals surface area contributed by atoms with E-state index < -0.39 is 46.8 Å². The number of primary amides is 1. The predicted octanol–water partition coefficient (Wildman–Crippen LogP) is 1.16. The number of anilines is 1. The zero-order valence-electron chi connectivity index (χ0n) is 18.9. The molecular formula is C22H18F3N7O5. The zero-order valence-corrected chi connectivity index (χ0v) is 18.9. The number of piperazine rings is 1. The summed E-state index contributed by atoms with van der Waals surface area (Å²) in [5.74, 6) is -1.42. The Morgan fingerprint density at radius 3 is 2.27 bits per heavy atom. The molecular weight excluding hydrogens is 499 g/mol. The SMILES string of the molecule is NC(=O)n1c(OC(=O)c2ccc(N3CCN(C(=O)c4ccccc4C(F)(F)F)CC3)nn2)nccc1=O. The van der Waals surface area contributed by atoms with Crippen LogP contribution in [0.5, 0.6) is 6.01 Å². The monoisotopic (exact) mass is 517 g/mol. The minimum Gasteiger partial charge on any atom is -0.387 e. The van der Waals surface area contributed by atoms with Gasteiger partial charge >= 0.3 is 24.2 Å². The molecule has 1 saturated heterocycles. The molecule has 3 heterocycles. The molecule has 1 aliphatic heterocycles. The standard InChI is InChI=1S/C22H18F3N7O5/c23-22(24,25)14-4-2-1-3-13(14)18(34)31-11-9-30(10-12-31)16-6-5-15(28-29-16)19(35)37-21-27-8-7-17(33)32(21)20(26)36/h1-8H,9-12H2,(H2,26,36). The molecule has 0 radical (unpaired) electrons. The van der Waals surface area contributed by atoms with Gasteiger partial charge in [-0.25, -0.2) is 14.6 Å². The lowest BCUT2D eigenvalue weighted by molar-refractivity contribution is -0.138. The fraction of sp³-hybridized carbons (Fsp3) is 0.227. The van der Waals surface area contributed by atoms with Crippen molar-refractivity contribution in [2.75, 3.05) is 31.1 Å². The van der Waals surface area contributed by atoms with E-state index in [0.29, 0.717) is 10.4 Å². The van der Waals surface area contributed by atoms with Crippen LogP contribution in [0.1, 0.15) is 26.4 Å². The number of benzene rings is 1. The number of alkyl halides is 3. The van der Waals surface area contributed by atoms with Crippen LogP contribution >= 0.6 is 0 Å². The summed E-state index contributed by atoms with van der Waals surface area (Å²) in [5.41, 5.74) is 2.60. The van der Waals surface area contributed by atoms with Gasteiger partial charge in [0.25, 0.3) is 11.5 Å². The summed E-state index contributed by atoms with van der Waals surface area (Å²) in [6, 6.07) is 6.49. The van der Waals surface area contributed by atoms with Crippen LogP contribution in [0.25, 0.3) is 0 Å². The van der Waals surface area contributed by atoms with Crippen LogP contribution in [0.3, 0.4) is 0 Å². The number of carbonyl (C=O) groups is 3. The lowest BCUT2D eigenvalue weighted by Crippen LogP contribution is -2.49. The number of halogens is 3. The topological polar surface area (TPSA) is 154 Å². The number of hydrogen-bond donors (Lipinski definition) is 1. The van der Waals surface area contributed by atoms with Crippen molar-refractivity contribution in [3.63, 3.8) is 0 Å². The van der Waals surface area contributed by atoms with Gasteiger partial charge in [0.15, 0.2) is 11.5 Å². The van der Waals surface area contributed by atoms with E-state index in [4.69, 9.17) is 10.5 Å². The molecule has 192 valence electrons. The molecule has 2 aromatic heterocycles. The highest BCUT2D eigenvalue weighted by atomic mass is 19.4. The second kappa shape index (κ2) is 10.0. The Labute approximate surface area is 206 Å². The van der Waals surface area contributed by atoms with Gasteiger partial charge < -0.3 is 20.3 Å². The molecule has 1 aliphatic rings. The maximum atomic E-state index is 13.3. The van der Waals surface area contributed by atoms with Crippen LogP contribution < -0.4 is 20.9 Å². The fourth-order valence-corrected chi connectivity index (χ4v) is 3.63. The normalized spacial score (nSPS) is 13.8. The quantitative estimate of drug-likeness (QED) is 0.502. The Balaban J connectivity index is 1.40. The first-order valence-electron chi connectivity index (χ1n) is 10.7. The van der Waals surface area contributed by atoms with Crippen LogP contribution in [-0.2, 0) is 6.18 Å². The van der Waals surface area contributed by atoms with E-state index in [1.165, 1.54) is 29.2 Å². The Hall–Kier alpha value is -4.82. The van der Waals surface area contributed by atoms with Gasteiger partial charge in [0.05, 0.1) is 11.1 Å². The molecule has 4 rings (SSSR count). The second-order valence-electron chi connectivity index (χ2n) is 7.73.